The average molecular weight is 898 g/mol. The summed E-state index contributed by atoms with van der Waals surface area (Å²) in [5.74, 6) is -6.45. The Kier molecular flexibility index (Phi) is 16.5. The van der Waals surface area contributed by atoms with E-state index in [1.807, 2.05) is 0 Å². The summed E-state index contributed by atoms with van der Waals surface area (Å²) in [6.07, 6.45) is 0. The number of fused-ring (bicyclic) bond motifs is 1. The second kappa shape index (κ2) is 18.9. The van der Waals surface area contributed by atoms with Crippen LogP contribution in [0.1, 0.15) is 1.43 Å². The molecule has 287 valence electrons. The number of sulfone groups is 1. The molecule has 21 nitrogen and oxygen atoms in total. The van der Waals surface area contributed by atoms with Crippen molar-refractivity contribution < 1.29 is 147 Å². The number of carboxylic acid groups (broad SMARTS) is 1. The Morgan fingerprint density at radius 2 is 1.55 bits per heavy atom. The Hall–Kier alpha value is -3.40. The molecule has 0 saturated heterocycles. The maximum Gasteiger partial charge on any atom is 2.00 e. The van der Waals surface area contributed by atoms with Crippen molar-refractivity contribution in [3.05, 3.63) is 60.7 Å². The molecule has 1 radical (unpaired) electrons. The van der Waals surface area contributed by atoms with Crippen LogP contribution < -0.4 is 84.2 Å². The number of azo groups is 2. The van der Waals surface area contributed by atoms with Crippen LogP contribution in [0.25, 0.3) is 10.8 Å². The van der Waals surface area contributed by atoms with Crippen molar-refractivity contribution in [1.29, 1.82) is 0 Å². The number of hydrogen-bond donors (Lipinski definition) is 1. The molecule has 56 heavy (non-hydrogen) atoms. The van der Waals surface area contributed by atoms with E-state index in [0.717, 1.165) is 61.7 Å². The smallest absolute Gasteiger partial charge is 0.871 e. The molecule has 0 spiro atoms. The number of carbonyl (C=O) groups excluding carboxylic acids is 2. The van der Waals surface area contributed by atoms with Crippen molar-refractivity contribution in [2.45, 2.75) is 20.7 Å². The number of anilines is 1. The monoisotopic (exact) mass is 897 g/mol. The average Bonchev–Trinajstić information content (AvgIpc) is 3.42. The summed E-state index contributed by atoms with van der Waals surface area (Å²) in [6, 6.07) is 7.35. The molecule has 5 rings (SSSR count). The van der Waals surface area contributed by atoms with Gasteiger partial charge in [-0.15, -0.1) is 5.11 Å². The van der Waals surface area contributed by atoms with Gasteiger partial charge in [0.1, 0.15) is 36.6 Å². The maximum atomic E-state index is 13.5. The molecule has 0 fully saturated rings. The van der Waals surface area contributed by atoms with Gasteiger partial charge in [-0.3, -0.25) is 4.79 Å². The largest absolute Gasteiger partial charge is 2.00 e. The number of aliphatic hydroxyl groups excluding tert-OH is 1. The molecule has 0 aliphatic carbocycles. The fraction of sp³-hybridized carbons (Fsp3) is 0.138. The number of carbonyl (C=O) groups is 2. The first-order valence-electron chi connectivity index (χ1n) is 14.3. The van der Waals surface area contributed by atoms with Gasteiger partial charge in [-0.05, 0) is 59.3 Å². The number of benzene rings is 4. The summed E-state index contributed by atoms with van der Waals surface area (Å²) >= 11 is 0. The first-order chi connectivity index (χ1) is 24.8. The first kappa shape index (κ1) is 48.7. The van der Waals surface area contributed by atoms with E-state index in [-0.39, 0.29) is 99.8 Å². The van der Waals surface area contributed by atoms with Crippen molar-refractivity contribution in [2.24, 2.45) is 25.6 Å². The number of methoxy groups -OCH3 is 1. The summed E-state index contributed by atoms with van der Waals surface area (Å²) in [5.41, 5.74) is -2.95. The van der Waals surface area contributed by atoms with Gasteiger partial charge in [-0.2, -0.15) is 25.5 Å². The molecule has 0 saturated carbocycles. The quantitative estimate of drug-likeness (QED) is 0.0785. The van der Waals surface area contributed by atoms with Gasteiger partial charge in [0.25, 0.3) is 5.91 Å². The van der Waals surface area contributed by atoms with Crippen molar-refractivity contribution in [3.63, 3.8) is 0 Å². The topological polar surface area (TPSA) is 346 Å². The summed E-state index contributed by atoms with van der Waals surface area (Å²) < 4.78 is 99.9. The van der Waals surface area contributed by atoms with E-state index >= 15 is 0 Å². The third-order valence-electron chi connectivity index (χ3n) is 7.26. The summed E-state index contributed by atoms with van der Waals surface area (Å²) in [5, 5.41) is 65.4. The van der Waals surface area contributed by atoms with Gasteiger partial charge in [0.05, 0.1) is 58.0 Å². The molecule has 1 amide bonds. The number of hydrazone groups is 1. The van der Waals surface area contributed by atoms with Gasteiger partial charge in [0.15, 0.2) is 15.9 Å². The van der Waals surface area contributed by atoms with E-state index in [1.54, 1.807) is 0 Å². The predicted octanol–water partition coefficient (Wildman–Crippen LogP) is -6.29. The van der Waals surface area contributed by atoms with Crippen LogP contribution in [0.15, 0.2) is 101 Å². The third-order valence-corrected chi connectivity index (χ3v) is 10.7. The van der Waals surface area contributed by atoms with Crippen molar-refractivity contribution in [1.82, 2.24) is 0 Å². The van der Waals surface area contributed by atoms with Gasteiger partial charge in [-0.25, -0.2) is 25.3 Å². The second-order valence-corrected chi connectivity index (χ2v) is 15.4. The summed E-state index contributed by atoms with van der Waals surface area (Å²) in [7, 11) is -13.4. The summed E-state index contributed by atoms with van der Waals surface area (Å²) in [4.78, 5) is 22.5. The number of aliphatic hydroxyl groups is 1. The molecule has 4 aromatic rings. The zero-order valence-corrected chi connectivity index (χ0v) is 36.0. The van der Waals surface area contributed by atoms with Crippen LogP contribution in [0.5, 0.6) is 17.2 Å². The Morgan fingerprint density at radius 3 is 2.11 bits per heavy atom. The number of carboxylic acids is 1. The molecule has 1 N–H and O–H groups in total. The molecule has 0 bridgehead atoms. The van der Waals surface area contributed by atoms with E-state index in [4.69, 9.17) is 9.84 Å². The Labute approximate surface area is 373 Å². The number of aliphatic carboxylic acids is 1. The normalized spacial score (nSPS) is 14.6. The fourth-order valence-corrected chi connectivity index (χ4v) is 7.08. The Balaban J connectivity index is 0.00000406. The van der Waals surface area contributed by atoms with E-state index in [9.17, 15) is 59.3 Å². The van der Waals surface area contributed by atoms with Crippen molar-refractivity contribution >= 4 is 81.2 Å². The van der Waals surface area contributed by atoms with Gasteiger partial charge >= 0.3 is 77.6 Å². The molecule has 0 aromatic heterocycles. The van der Waals surface area contributed by atoms with Crippen molar-refractivity contribution in [3.8, 4) is 17.2 Å². The molecule has 1 aliphatic rings. The van der Waals surface area contributed by atoms with E-state index in [2.05, 4.69) is 25.6 Å². The van der Waals surface area contributed by atoms with Crippen LogP contribution in [-0.2, 0) is 56.7 Å². The number of hydrogen-bond acceptors (Lipinski definition) is 20. The van der Waals surface area contributed by atoms with Crippen LogP contribution in [0, 0.1) is 0 Å². The molecule has 1 unspecified atom stereocenters. The number of rotatable bonds is 12. The maximum absolute atomic E-state index is 13.5. The molecule has 1 heterocycles. The number of nitrogens with zero attached hydrogens (tertiary/aromatic N) is 6. The molecule has 1 atom stereocenters. The van der Waals surface area contributed by atoms with Crippen LogP contribution in [0.3, 0.4) is 0 Å². The molecule has 27 heteroatoms. The van der Waals surface area contributed by atoms with Gasteiger partial charge in [0.2, 0.25) is 0 Å². The van der Waals surface area contributed by atoms with Gasteiger partial charge in [-0.1, -0.05) is 17.6 Å². The predicted molar refractivity (Wildman–Crippen MR) is 171 cm³/mol. The standard InChI is InChI=1S/C29H24N6O15S3.Cu.2Na/c1-50-21-12-19(20(37)13-22(21)51(42,43)9-8-36)31-32-24-23(53(47,48)49)10-14-2-3-15(11-18(14)27(24)38)30-33-25-26(29(40)41)34-35(28(25)39)16-4-6-17(7-5-16)52(44,45)46;;;/h2-7,10-13,25,36-38H,8-9H2,1H3,(H,40,41)(H,44,45,46)(H,47,48,49);;;/q;+2;2*+1/p-4. The second-order valence-electron chi connectivity index (χ2n) is 10.6. The summed E-state index contributed by atoms with van der Waals surface area (Å²) in [6.45, 7) is -0.769. The van der Waals surface area contributed by atoms with E-state index in [0.29, 0.717) is 11.1 Å². The minimum atomic E-state index is -5.41. The first-order valence-corrected chi connectivity index (χ1v) is 18.7. The van der Waals surface area contributed by atoms with Gasteiger partial charge < -0.3 is 39.1 Å². The van der Waals surface area contributed by atoms with Crippen LogP contribution >= 0.6 is 0 Å². The van der Waals surface area contributed by atoms with Crippen molar-refractivity contribution in [2.75, 3.05) is 24.5 Å². The number of ether oxygens (including phenoxy) is 1. The number of amides is 1. The zero-order valence-electron chi connectivity index (χ0n) is 29.6. The van der Waals surface area contributed by atoms with Crippen LogP contribution in [0.4, 0.5) is 22.7 Å². The molecule has 4 aromatic carbocycles. The minimum absolute atomic E-state index is 0. The fourth-order valence-electron chi connectivity index (χ4n) is 4.77. The Bertz CT molecular complexity index is 2640. The van der Waals surface area contributed by atoms with E-state index in [1.165, 1.54) is 0 Å². The van der Waals surface area contributed by atoms with E-state index < -0.39 is 109 Å². The van der Waals surface area contributed by atoms with Crippen LogP contribution in [-0.4, -0.2) is 82.6 Å². The molecular weight excluding hydrogens is 878 g/mol. The van der Waals surface area contributed by atoms with Crippen LogP contribution in [0.2, 0.25) is 0 Å². The Morgan fingerprint density at radius 1 is 0.911 bits per heavy atom. The van der Waals surface area contributed by atoms with Gasteiger partial charge in [0, 0.05) is 6.07 Å². The molecule has 1 aliphatic heterocycles. The zero-order chi connectivity index (χ0) is 39.0. The minimum Gasteiger partial charge on any atom is -0.871 e. The third kappa shape index (κ3) is 10.4. The SMILES string of the molecule is COc1cc(N=Nc2c(S(=O)(=O)[O-])cc3ccc(N=NC4C(=O)N(c5ccc(S(=O)(=O)[O-])cc5)N=C4C(=O)[O-])cc3c2[O-])c([O-])cc1S(=O)(=O)CCO.[Cu+2].[H+].[Na+].[Na+]. The molecular formula is C29H20CuN6Na2O15S3.